The predicted octanol–water partition coefficient (Wildman–Crippen LogP) is 4.09. The van der Waals surface area contributed by atoms with Crippen LogP contribution in [0.5, 0.6) is 11.5 Å². The van der Waals surface area contributed by atoms with Gasteiger partial charge in [-0.2, -0.15) is 0 Å². The number of fused-ring (bicyclic) bond motifs is 1. The average molecular weight is 608 g/mol. The normalized spacial score (nSPS) is 15.1. The Balaban J connectivity index is 1.40. The molecule has 5 N–H and O–H groups in total. The van der Waals surface area contributed by atoms with Crippen molar-refractivity contribution in [2.24, 2.45) is 5.73 Å². The fraction of sp³-hybridized carbons (Fsp3) is 0.343. The van der Waals surface area contributed by atoms with Crippen molar-refractivity contribution >= 4 is 16.8 Å². The van der Waals surface area contributed by atoms with Crippen LogP contribution in [0.25, 0.3) is 10.9 Å². The molecule has 1 atom stereocenters. The minimum absolute atomic E-state index is 0.170. The highest BCUT2D eigenvalue weighted by atomic mass is 16.5. The van der Waals surface area contributed by atoms with Gasteiger partial charge in [-0.05, 0) is 61.7 Å². The Labute approximate surface area is 263 Å². The Kier molecular flexibility index (Phi) is 9.13. The van der Waals surface area contributed by atoms with Crippen molar-refractivity contribution in [3.8, 4) is 11.5 Å². The largest absolute Gasteiger partial charge is 0.497 e. The number of aromatic amines is 1. The smallest absolute Gasteiger partial charge is 0.240 e. The van der Waals surface area contributed by atoms with E-state index in [1.807, 2.05) is 54.7 Å². The van der Waals surface area contributed by atoms with E-state index in [2.05, 4.69) is 44.5 Å². The second kappa shape index (κ2) is 13.5. The first-order chi connectivity index (χ1) is 22.0. The maximum atomic E-state index is 13.9. The number of hydrogen-bond acceptors (Lipinski definition) is 7. The highest BCUT2D eigenvalue weighted by Gasteiger charge is 2.37. The zero-order valence-electron chi connectivity index (χ0n) is 25.9. The summed E-state index contributed by atoms with van der Waals surface area (Å²) in [7, 11) is 3.29. The standard InChI is InChI=1S/C35H41N7O3/c1-44-27-14-13-25(31(21-27)45-2)23-42-32(15-12-24-8-4-3-5-9-24)40-41-33(42)30(39-34(43)35(36)16-18-37-19-17-35)20-26-22-38-29-11-7-6-10-28(26)29/h3-11,13-14,21-22,30,37-38H,12,15-20,23,36H2,1-2H3,(H,39,43)/t30-/m1/s1. The third kappa shape index (κ3) is 6.72. The van der Waals surface area contributed by atoms with E-state index in [1.165, 1.54) is 5.56 Å². The van der Waals surface area contributed by atoms with Crippen LogP contribution in [0, 0.1) is 0 Å². The van der Waals surface area contributed by atoms with Crippen LogP contribution >= 0.6 is 0 Å². The molecule has 1 amide bonds. The average Bonchev–Trinajstić information content (AvgIpc) is 3.68. The van der Waals surface area contributed by atoms with Gasteiger partial charge in [0.2, 0.25) is 5.91 Å². The van der Waals surface area contributed by atoms with Crippen LogP contribution in [0.3, 0.4) is 0 Å². The highest BCUT2D eigenvalue weighted by Crippen LogP contribution is 2.30. The number of methoxy groups -OCH3 is 2. The van der Waals surface area contributed by atoms with Crippen molar-refractivity contribution in [3.63, 3.8) is 0 Å². The minimum Gasteiger partial charge on any atom is -0.497 e. The number of piperidine rings is 1. The molecule has 10 nitrogen and oxygen atoms in total. The van der Waals surface area contributed by atoms with Gasteiger partial charge in [-0.25, -0.2) is 0 Å². The molecule has 6 rings (SSSR count). The topological polar surface area (TPSA) is 132 Å². The molecule has 0 radical (unpaired) electrons. The van der Waals surface area contributed by atoms with Gasteiger partial charge < -0.3 is 35.4 Å². The zero-order valence-corrected chi connectivity index (χ0v) is 25.9. The summed E-state index contributed by atoms with van der Waals surface area (Å²) in [6.07, 6.45) is 5.14. The van der Waals surface area contributed by atoms with Gasteiger partial charge in [0, 0.05) is 41.6 Å². The van der Waals surface area contributed by atoms with E-state index in [0.29, 0.717) is 62.6 Å². The molecule has 2 aromatic heterocycles. The summed E-state index contributed by atoms with van der Waals surface area (Å²) in [5.41, 5.74) is 10.0. The molecule has 1 aliphatic rings. The SMILES string of the molecule is COc1ccc(Cn2c(CCc3ccccc3)nnc2[C@@H](Cc2c[nH]c3ccccc23)NC(=O)C2(N)CCNCC2)c(OC)c1. The number of nitrogens with zero attached hydrogens (tertiary/aromatic N) is 3. The molecule has 1 aliphatic heterocycles. The molecule has 5 aromatic rings. The summed E-state index contributed by atoms with van der Waals surface area (Å²) in [5.74, 6) is 2.75. The number of carbonyl (C=O) groups is 1. The Morgan fingerprint density at radius 2 is 1.76 bits per heavy atom. The molecule has 0 unspecified atom stereocenters. The first-order valence-corrected chi connectivity index (χ1v) is 15.5. The Morgan fingerprint density at radius 1 is 0.978 bits per heavy atom. The van der Waals surface area contributed by atoms with E-state index >= 15 is 0 Å². The summed E-state index contributed by atoms with van der Waals surface area (Å²) >= 11 is 0. The van der Waals surface area contributed by atoms with E-state index in [4.69, 9.17) is 25.4 Å². The van der Waals surface area contributed by atoms with Crippen LogP contribution in [-0.2, 0) is 30.6 Å². The fourth-order valence-corrected chi connectivity index (χ4v) is 6.15. The highest BCUT2D eigenvalue weighted by molar-refractivity contribution is 5.87. The molecule has 0 spiro atoms. The molecule has 10 heteroatoms. The van der Waals surface area contributed by atoms with E-state index in [0.717, 1.165) is 34.3 Å². The van der Waals surface area contributed by atoms with Crippen molar-refractivity contribution in [1.82, 2.24) is 30.4 Å². The summed E-state index contributed by atoms with van der Waals surface area (Å²) in [4.78, 5) is 17.3. The molecule has 0 aliphatic carbocycles. The molecular weight excluding hydrogens is 566 g/mol. The molecule has 0 bridgehead atoms. The van der Waals surface area contributed by atoms with E-state index in [-0.39, 0.29) is 5.91 Å². The number of amides is 1. The number of para-hydroxylation sites is 1. The Bertz CT molecular complexity index is 1740. The molecule has 0 saturated carbocycles. The molecule has 45 heavy (non-hydrogen) atoms. The first-order valence-electron chi connectivity index (χ1n) is 15.5. The van der Waals surface area contributed by atoms with Crippen molar-refractivity contribution in [2.75, 3.05) is 27.3 Å². The molecular formula is C35H41N7O3. The number of nitrogens with one attached hydrogen (secondary N) is 3. The number of benzene rings is 3. The van der Waals surface area contributed by atoms with Gasteiger partial charge in [-0.15, -0.1) is 10.2 Å². The van der Waals surface area contributed by atoms with Crippen LogP contribution in [0.15, 0.2) is 79.0 Å². The van der Waals surface area contributed by atoms with E-state index in [9.17, 15) is 4.79 Å². The third-order valence-electron chi connectivity index (χ3n) is 8.82. The molecule has 1 saturated heterocycles. The lowest BCUT2D eigenvalue weighted by molar-refractivity contribution is -0.128. The number of nitrogens with two attached hydrogens (primary N) is 1. The molecule has 1 fully saturated rings. The van der Waals surface area contributed by atoms with Crippen LogP contribution in [-0.4, -0.2) is 58.5 Å². The van der Waals surface area contributed by atoms with Crippen LogP contribution in [0.1, 0.15) is 47.2 Å². The second-order valence-corrected chi connectivity index (χ2v) is 11.7. The number of ether oxygens (including phenoxy) is 2. The van der Waals surface area contributed by atoms with Crippen molar-refractivity contribution in [1.29, 1.82) is 0 Å². The fourth-order valence-electron chi connectivity index (χ4n) is 6.15. The predicted molar refractivity (Wildman–Crippen MR) is 174 cm³/mol. The lowest BCUT2D eigenvalue weighted by atomic mass is 9.88. The number of rotatable bonds is 12. The van der Waals surface area contributed by atoms with Gasteiger partial charge >= 0.3 is 0 Å². The van der Waals surface area contributed by atoms with E-state index < -0.39 is 11.6 Å². The molecule has 234 valence electrons. The van der Waals surface area contributed by atoms with Crippen molar-refractivity contribution in [2.45, 2.75) is 50.2 Å². The van der Waals surface area contributed by atoms with Crippen molar-refractivity contribution < 1.29 is 14.3 Å². The second-order valence-electron chi connectivity index (χ2n) is 11.7. The van der Waals surface area contributed by atoms with Gasteiger partial charge in [-0.3, -0.25) is 4.79 Å². The number of hydrogen-bond donors (Lipinski definition) is 4. The minimum atomic E-state index is -0.954. The monoisotopic (exact) mass is 607 g/mol. The lowest BCUT2D eigenvalue weighted by Gasteiger charge is -2.34. The quantitative estimate of drug-likeness (QED) is 0.168. The van der Waals surface area contributed by atoms with Gasteiger partial charge in [0.15, 0.2) is 5.82 Å². The number of carbonyl (C=O) groups excluding carboxylic acids is 1. The molecule has 3 aromatic carbocycles. The van der Waals surface area contributed by atoms with Crippen LogP contribution in [0.4, 0.5) is 0 Å². The van der Waals surface area contributed by atoms with Gasteiger partial charge in [-0.1, -0.05) is 48.5 Å². The maximum Gasteiger partial charge on any atom is 0.240 e. The maximum absolute atomic E-state index is 13.9. The van der Waals surface area contributed by atoms with Gasteiger partial charge in [0.1, 0.15) is 17.3 Å². The Hall–Kier alpha value is -4.67. The Morgan fingerprint density at radius 3 is 2.53 bits per heavy atom. The summed E-state index contributed by atoms with van der Waals surface area (Å²) in [6.45, 7) is 1.86. The van der Waals surface area contributed by atoms with Crippen molar-refractivity contribution in [3.05, 3.63) is 107 Å². The molecule has 3 heterocycles. The lowest BCUT2D eigenvalue weighted by Crippen LogP contribution is -2.59. The summed E-state index contributed by atoms with van der Waals surface area (Å²) in [5, 5.41) is 17.2. The summed E-state index contributed by atoms with van der Waals surface area (Å²) < 4.78 is 13.3. The first kappa shape index (κ1) is 30.4. The zero-order chi connectivity index (χ0) is 31.2. The van der Waals surface area contributed by atoms with E-state index in [1.54, 1.807) is 14.2 Å². The number of H-pyrrole nitrogens is 1. The summed E-state index contributed by atoms with van der Waals surface area (Å²) in [6, 6.07) is 23.8. The number of aryl methyl sites for hydroxylation is 2. The third-order valence-corrected chi connectivity index (χ3v) is 8.82. The van der Waals surface area contributed by atoms with Crippen LogP contribution < -0.4 is 25.8 Å². The number of aromatic nitrogens is 4. The van der Waals surface area contributed by atoms with Crippen LogP contribution in [0.2, 0.25) is 0 Å². The van der Waals surface area contributed by atoms with Gasteiger partial charge in [0.05, 0.1) is 32.3 Å². The van der Waals surface area contributed by atoms with Gasteiger partial charge in [0.25, 0.3) is 0 Å².